The van der Waals surface area contributed by atoms with Gasteiger partial charge in [-0.1, -0.05) is 0 Å². The summed E-state index contributed by atoms with van der Waals surface area (Å²) in [6, 6.07) is 5.94. The molecular weight excluding hydrogens is 308 g/mol. The van der Waals surface area contributed by atoms with Crippen molar-refractivity contribution in [1.29, 1.82) is 0 Å². The van der Waals surface area contributed by atoms with Crippen molar-refractivity contribution in [2.75, 3.05) is 19.8 Å². The number of nitrogens with zero attached hydrogens (tertiary/aromatic N) is 2. The van der Waals surface area contributed by atoms with Crippen LogP contribution in [0, 0.1) is 5.92 Å². The molecule has 6 heteroatoms. The lowest BCUT2D eigenvalue weighted by molar-refractivity contribution is 0.0698. The number of ether oxygens (including phenoxy) is 2. The number of benzene rings is 1. The van der Waals surface area contributed by atoms with Gasteiger partial charge >= 0.3 is 0 Å². The van der Waals surface area contributed by atoms with Crippen LogP contribution in [0.3, 0.4) is 0 Å². The summed E-state index contributed by atoms with van der Waals surface area (Å²) in [4.78, 5) is 19.1. The number of amides is 1. The average molecular weight is 326 g/mol. The molecule has 2 atom stereocenters. The molecule has 2 fully saturated rings. The number of aromatic nitrogens is 1. The highest BCUT2D eigenvalue weighted by molar-refractivity contribution is 5.98. The van der Waals surface area contributed by atoms with Gasteiger partial charge in [0.1, 0.15) is 13.2 Å². The second-order valence-corrected chi connectivity index (χ2v) is 6.68. The predicted molar refractivity (Wildman–Crippen MR) is 85.1 cm³/mol. The molecule has 2 bridgehead atoms. The molecule has 5 rings (SSSR count). The van der Waals surface area contributed by atoms with Gasteiger partial charge in [0.2, 0.25) is 0 Å². The Labute approximate surface area is 139 Å². The lowest BCUT2D eigenvalue weighted by atomic mass is 10.1. The van der Waals surface area contributed by atoms with Crippen molar-refractivity contribution >= 4 is 5.91 Å². The van der Waals surface area contributed by atoms with Crippen molar-refractivity contribution < 1.29 is 18.7 Å². The molecule has 0 N–H and O–H groups in total. The SMILES string of the molecule is O=C(c1ncoc1-c1ccc2c(c1)OCCO2)N1C[C@H]2CC[C@H]1C2. The summed E-state index contributed by atoms with van der Waals surface area (Å²) < 4.78 is 16.7. The second kappa shape index (κ2) is 5.26. The number of carbonyl (C=O) groups excluding carboxylic acids is 1. The van der Waals surface area contributed by atoms with Gasteiger partial charge in [-0.05, 0) is 43.4 Å². The van der Waals surface area contributed by atoms with E-state index in [1.165, 1.54) is 12.8 Å². The topological polar surface area (TPSA) is 64.8 Å². The van der Waals surface area contributed by atoms with E-state index in [0.29, 0.717) is 48.1 Å². The normalized spacial score (nSPS) is 24.4. The van der Waals surface area contributed by atoms with Gasteiger partial charge in [0.05, 0.1) is 0 Å². The zero-order valence-corrected chi connectivity index (χ0v) is 13.2. The van der Waals surface area contributed by atoms with Gasteiger partial charge in [-0.15, -0.1) is 0 Å². The van der Waals surface area contributed by atoms with Crippen molar-refractivity contribution in [3.63, 3.8) is 0 Å². The maximum Gasteiger partial charge on any atom is 0.276 e. The minimum absolute atomic E-state index is 0.0270. The van der Waals surface area contributed by atoms with Crippen LogP contribution in [0.25, 0.3) is 11.3 Å². The fourth-order valence-electron chi connectivity index (χ4n) is 4.10. The van der Waals surface area contributed by atoms with Crippen molar-refractivity contribution in [2.45, 2.75) is 25.3 Å². The van der Waals surface area contributed by atoms with E-state index in [2.05, 4.69) is 4.98 Å². The lowest BCUT2D eigenvalue weighted by Gasteiger charge is -2.26. The molecule has 3 aliphatic rings. The second-order valence-electron chi connectivity index (χ2n) is 6.68. The van der Waals surface area contributed by atoms with Crippen LogP contribution in [-0.4, -0.2) is 41.6 Å². The summed E-state index contributed by atoms with van der Waals surface area (Å²) in [5.74, 6) is 2.52. The highest BCUT2D eigenvalue weighted by Crippen LogP contribution is 2.40. The number of likely N-dealkylation sites (tertiary alicyclic amines) is 1. The molecule has 0 spiro atoms. The fraction of sp³-hybridized carbons (Fsp3) is 0.444. The molecule has 1 amide bonds. The molecule has 3 heterocycles. The van der Waals surface area contributed by atoms with Crippen LogP contribution in [0.15, 0.2) is 29.0 Å². The Morgan fingerprint density at radius 3 is 2.83 bits per heavy atom. The van der Waals surface area contributed by atoms with Gasteiger partial charge in [0.25, 0.3) is 5.91 Å². The number of fused-ring (bicyclic) bond motifs is 3. The molecule has 1 aliphatic carbocycles. The van der Waals surface area contributed by atoms with E-state index in [-0.39, 0.29) is 5.91 Å². The molecule has 0 unspecified atom stereocenters. The van der Waals surface area contributed by atoms with Crippen molar-refractivity contribution in [1.82, 2.24) is 9.88 Å². The molecule has 1 saturated heterocycles. The molecule has 0 radical (unpaired) electrons. The largest absolute Gasteiger partial charge is 0.486 e. The third-order valence-corrected chi connectivity index (χ3v) is 5.24. The van der Waals surface area contributed by atoms with E-state index in [4.69, 9.17) is 13.9 Å². The molecule has 1 aromatic heterocycles. The summed E-state index contributed by atoms with van der Waals surface area (Å²) in [5.41, 5.74) is 1.17. The minimum atomic E-state index is -0.0270. The summed E-state index contributed by atoms with van der Waals surface area (Å²) >= 11 is 0. The van der Waals surface area contributed by atoms with Gasteiger partial charge < -0.3 is 18.8 Å². The molecular formula is C18H18N2O4. The van der Waals surface area contributed by atoms with E-state index in [1.807, 2.05) is 23.1 Å². The van der Waals surface area contributed by atoms with Crippen LogP contribution in [0.2, 0.25) is 0 Å². The van der Waals surface area contributed by atoms with E-state index >= 15 is 0 Å². The van der Waals surface area contributed by atoms with Gasteiger partial charge in [0.15, 0.2) is 29.3 Å². The number of rotatable bonds is 2. The van der Waals surface area contributed by atoms with Crippen LogP contribution < -0.4 is 9.47 Å². The Bertz CT molecular complexity index is 800. The molecule has 1 saturated carbocycles. The Hall–Kier alpha value is -2.50. The number of hydrogen-bond donors (Lipinski definition) is 0. The maximum atomic E-state index is 12.9. The van der Waals surface area contributed by atoms with Crippen LogP contribution in [0.1, 0.15) is 29.8 Å². The van der Waals surface area contributed by atoms with Gasteiger partial charge in [0, 0.05) is 18.2 Å². The Balaban J connectivity index is 1.48. The Kier molecular flexibility index (Phi) is 3.04. The molecule has 6 nitrogen and oxygen atoms in total. The van der Waals surface area contributed by atoms with Crippen LogP contribution in [0.4, 0.5) is 0 Å². The first-order valence-electron chi connectivity index (χ1n) is 8.44. The van der Waals surface area contributed by atoms with Gasteiger partial charge in [-0.25, -0.2) is 4.98 Å². The van der Waals surface area contributed by atoms with Crippen LogP contribution >= 0.6 is 0 Å². The van der Waals surface area contributed by atoms with Gasteiger partial charge in [-0.2, -0.15) is 0 Å². The smallest absolute Gasteiger partial charge is 0.276 e. The highest BCUT2D eigenvalue weighted by atomic mass is 16.6. The quantitative estimate of drug-likeness (QED) is 0.849. The Morgan fingerprint density at radius 2 is 2.04 bits per heavy atom. The van der Waals surface area contributed by atoms with E-state index in [0.717, 1.165) is 24.9 Å². The zero-order valence-electron chi connectivity index (χ0n) is 13.2. The first-order valence-corrected chi connectivity index (χ1v) is 8.44. The van der Waals surface area contributed by atoms with Crippen LogP contribution in [-0.2, 0) is 0 Å². The van der Waals surface area contributed by atoms with Gasteiger partial charge in [-0.3, -0.25) is 4.79 Å². The third-order valence-electron chi connectivity index (χ3n) is 5.24. The molecule has 2 aromatic rings. The summed E-state index contributed by atoms with van der Waals surface area (Å²) in [7, 11) is 0. The molecule has 1 aromatic carbocycles. The summed E-state index contributed by atoms with van der Waals surface area (Å²) in [5, 5.41) is 0. The van der Waals surface area contributed by atoms with Crippen molar-refractivity contribution in [3.05, 3.63) is 30.3 Å². The van der Waals surface area contributed by atoms with Crippen LogP contribution in [0.5, 0.6) is 11.5 Å². The number of carbonyl (C=O) groups is 1. The number of oxazole rings is 1. The fourth-order valence-corrected chi connectivity index (χ4v) is 4.10. The summed E-state index contributed by atoms with van der Waals surface area (Å²) in [6.45, 7) is 1.92. The zero-order chi connectivity index (χ0) is 16.1. The van der Waals surface area contributed by atoms with E-state index < -0.39 is 0 Å². The molecule has 2 aliphatic heterocycles. The Morgan fingerprint density at radius 1 is 1.17 bits per heavy atom. The monoisotopic (exact) mass is 326 g/mol. The first-order chi connectivity index (χ1) is 11.8. The number of hydrogen-bond acceptors (Lipinski definition) is 5. The molecule has 24 heavy (non-hydrogen) atoms. The van der Waals surface area contributed by atoms with E-state index in [9.17, 15) is 4.79 Å². The first kappa shape index (κ1) is 13.9. The average Bonchev–Trinajstić information content (AvgIpc) is 3.36. The minimum Gasteiger partial charge on any atom is -0.486 e. The maximum absolute atomic E-state index is 12.9. The molecule has 124 valence electrons. The number of piperidine rings is 1. The predicted octanol–water partition coefficient (Wildman–Crippen LogP) is 2.74. The lowest BCUT2D eigenvalue weighted by Crippen LogP contribution is -2.38. The van der Waals surface area contributed by atoms with Crippen molar-refractivity contribution in [3.8, 4) is 22.8 Å². The van der Waals surface area contributed by atoms with Crippen molar-refractivity contribution in [2.24, 2.45) is 5.92 Å². The third kappa shape index (κ3) is 2.09. The standard InChI is InChI=1S/C18H18N2O4/c21-18(20-9-11-1-3-13(20)7-11)16-17(24-10-19-16)12-2-4-14-15(8-12)23-6-5-22-14/h2,4,8,10-11,13H,1,3,5-7,9H2/t11-,13-/m0/s1. The van der Waals surface area contributed by atoms with E-state index in [1.54, 1.807) is 0 Å². The highest BCUT2D eigenvalue weighted by Gasteiger charge is 2.41. The summed E-state index contributed by atoms with van der Waals surface area (Å²) in [6.07, 6.45) is 4.81.